The number of hydrogen-bond donors (Lipinski definition) is 1. The van der Waals surface area contributed by atoms with E-state index in [4.69, 9.17) is 9.84 Å². The fourth-order valence-electron chi connectivity index (χ4n) is 2.13. The smallest absolute Gasteiger partial charge is 0.334 e. The lowest BCUT2D eigenvalue weighted by Crippen LogP contribution is -2.45. The summed E-state index contributed by atoms with van der Waals surface area (Å²) in [6, 6.07) is 0. The molecule has 2 atom stereocenters. The van der Waals surface area contributed by atoms with Gasteiger partial charge in [-0.25, -0.2) is 4.79 Å². The fraction of sp³-hybridized carbons (Fsp3) is 0.182. The Labute approximate surface area is 80.7 Å². The van der Waals surface area contributed by atoms with Gasteiger partial charge in [-0.1, -0.05) is 24.3 Å². The van der Waals surface area contributed by atoms with Crippen molar-refractivity contribution in [1.29, 1.82) is 0 Å². The molecule has 1 spiro atoms. The number of carbonyl (C=O) groups is 1. The van der Waals surface area contributed by atoms with E-state index in [1.165, 1.54) is 0 Å². The highest BCUT2D eigenvalue weighted by Gasteiger charge is 2.57. The van der Waals surface area contributed by atoms with E-state index >= 15 is 0 Å². The van der Waals surface area contributed by atoms with Crippen LogP contribution in [0.25, 0.3) is 0 Å². The minimum Gasteiger partial charge on any atom is -0.478 e. The minimum atomic E-state index is -0.891. The molecule has 14 heavy (non-hydrogen) atoms. The number of carboxylic acid groups (broad SMARTS) is 1. The van der Waals surface area contributed by atoms with E-state index in [1.54, 1.807) is 6.08 Å². The van der Waals surface area contributed by atoms with Crippen molar-refractivity contribution in [3.05, 3.63) is 47.6 Å². The van der Waals surface area contributed by atoms with Gasteiger partial charge < -0.3 is 9.84 Å². The SMILES string of the molecule is O=C(O)C1=C[C@]23C=CC=CC=C2[C@H]1O3. The zero-order chi connectivity index (χ0) is 9.76. The highest BCUT2D eigenvalue weighted by molar-refractivity contribution is 5.92. The van der Waals surface area contributed by atoms with Crippen LogP contribution in [0.3, 0.4) is 0 Å². The first-order chi connectivity index (χ1) is 6.73. The Morgan fingerprint density at radius 2 is 2.29 bits per heavy atom. The highest BCUT2D eigenvalue weighted by atomic mass is 16.5. The lowest BCUT2D eigenvalue weighted by Gasteiger charge is -2.39. The first kappa shape index (κ1) is 7.76. The van der Waals surface area contributed by atoms with Crippen molar-refractivity contribution in [3.63, 3.8) is 0 Å². The summed E-state index contributed by atoms with van der Waals surface area (Å²) in [5.74, 6) is -0.891. The standard InChI is InChI=1S/C11H8O3/c12-10(13)7-6-11-5-3-1-2-4-8(11)9(7)14-11/h1-6,9H,(H,12,13)/t9-,11+/m0/s1. The number of ether oxygens (including phenoxy) is 1. The van der Waals surface area contributed by atoms with Crippen LogP contribution >= 0.6 is 0 Å². The Bertz CT molecular complexity index is 439. The Morgan fingerprint density at radius 3 is 3.07 bits per heavy atom. The lowest BCUT2D eigenvalue weighted by atomic mass is 9.89. The van der Waals surface area contributed by atoms with Crippen molar-refractivity contribution in [2.24, 2.45) is 0 Å². The first-order valence-corrected chi connectivity index (χ1v) is 4.43. The first-order valence-electron chi connectivity index (χ1n) is 4.43. The summed E-state index contributed by atoms with van der Waals surface area (Å²) in [5, 5.41) is 8.91. The molecule has 3 heteroatoms. The fourth-order valence-corrected chi connectivity index (χ4v) is 2.13. The normalized spacial score (nSPS) is 36.7. The molecule has 2 aliphatic heterocycles. The van der Waals surface area contributed by atoms with Gasteiger partial charge in [-0.05, 0) is 12.2 Å². The largest absolute Gasteiger partial charge is 0.478 e. The molecule has 0 unspecified atom stereocenters. The van der Waals surface area contributed by atoms with Gasteiger partial charge in [0, 0.05) is 5.57 Å². The summed E-state index contributed by atoms with van der Waals surface area (Å²) >= 11 is 0. The third-order valence-corrected chi connectivity index (χ3v) is 2.79. The third kappa shape index (κ3) is 0.731. The van der Waals surface area contributed by atoms with Crippen LogP contribution in [0.2, 0.25) is 0 Å². The van der Waals surface area contributed by atoms with Crippen molar-refractivity contribution in [3.8, 4) is 0 Å². The third-order valence-electron chi connectivity index (χ3n) is 2.79. The van der Waals surface area contributed by atoms with Crippen molar-refractivity contribution in [1.82, 2.24) is 0 Å². The van der Waals surface area contributed by atoms with E-state index in [9.17, 15) is 4.79 Å². The van der Waals surface area contributed by atoms with Crippen LogP contribution in [-0.4, -0.2) is 22.8 Å². The molecule has 1 saturated heterocycles. The maximum absolute atomic E-state index is 10.8. The predicted octanol–water partition coefficient (Wildman–Crippen LogP) is 1.20. The Kier molecular flexibility index (Phi) is 1.25. The number of aliphatic carboxylic acids is 1. The molecule has 0 radical (unpaired) electrons. The minimum absolute atomic E-state index is 0.333. The molecule has 2 heterocycles. The summed E-state index contributed by atoms with van der Waals surface area (Å²) in [6.07, 6.45) is 10.9. The van der Waals surface area contributed by atoms with Crippen molar-refractivity contribution in [2.75, 3.05) is 0 Å². The summed E-state index contributed by atoms with van der Waals surface area (Å²) in [6.45, 7) is 0. The summed E-state index contributed by atoms with van der Waals surface area (Å²) in [7, 11) is 0. The van der Waals surface area contributed by atoms with Gasteiger partial charge in [0.05, 0.1) is 5.57 Å². The molecule has 4 rings (SSSR count). The zero-order valence-corrected chi connectivity index (χ0v) is 7.31. The second-order valence-electron chi connectivity index (χ2n) is 3.56. The van der Waals surface area contributed by atoms with E-state index in [1.807, 2.05) is 30.4 Å². The number of allylic oxidation sites excluding steroid dienone is 4. The monoisotopic (exact) mass is 188 g/mol. The lowest BCUT2D eigenvalue weighted by molar-refractivity contribution is -0.134. The molecule has 0 amide bonds. The van der Waals surface area contributed by atoms with Crippen LogP contribution in [0, 0.1) is 0 Å². The van der Waals surface area contributed by atoms with E-state index in [0.29, 0.717) is 5.57 Å². The molecule has 70 valence electrons. The Hall–Kier alpha value is -1.61. The van der Waals surface area contributed by atoms with E-state index < -0.39 is 11.6 Å². The van der Waals surface area contributed by atoms with Crippen LogP contribution in [-0.2, 0) is 9.53 Å². The summed E-state index contributed by atoms with van der Waals surface area (Å²) < 4.78 is 5.53. The quantitative estimate of drug-likeness (QED) is 0.672. The van der Waals surface area contributed by atoms with E-state index in [2.05, 4.69) is 0 Å². The van der Waals surface area contributed by atoms with Crippen LogP contribution in [0.1, 0.15) is 0 Å². The van der Waals surface area contributed by atoms with Crippen molar-refractivity contribution < 1.29 is 14.6 Å². The molecule has 0 aromatic rings. The molecule has 1 fully saturated rings. The van der Waals surface area contributed by atoms with Gasteiger partial charge in [-0.2, -0.15) is 0 Å². The molecule has 3 nitrogen and oxygen atoms in total. The second kappa shape index (κ2) is 2.25. The number of rotatable bonds is 1. The zero-order valence-electron chi connectivity index (χ0n) is 7.31. The van der Waals surface area contributed by atoms with Crippen LogP contribution < -0.4 is 0 Å². The molecule has 1 N–H and O–H groups in total. The molecule has 0 aromatic carbocycles. The average Bonchev–Trinajstić information content (AvgIpc) is 2.60. The van der Waals surface area contributed by atoms with Crippen molar-refractivity contribution >= 4 is 5.97 Å². The van der Waals surface area contributed by atoms with Gasteiger partial charge in [0.2, 0.25) is 0 Å². The predicted molar refractivity (Wildman–Crippen MR) is 49.7 cm³/mol. The number of hydrogen-bond acceptors (Lipinski definition) is 2. The molecule has 0 aromatic heterocycles. The van der Waals surface area contributed by atoms with Crippen LogP contribution in [0.15, 0.2) is 47.6 Å². The Morgan fingerprint density at radius 1 is 1.43 bits per heavy atom. The van der Waals surface area contributed by atoms with Crippen LogP contribution in [0.4, 0.5) is 0 Å². The van der Waals surface area contributed by atoms with E-state index in [-0.39, 0.29) is 6.10 Å². The number of carboxylic acids is 1. The molecule has 2 aliphatic carbocycles. The van der Waals surface area contributed by atoms with Gasteiger partial charge in [-0.3, -0.25) is 0 Å². The van der Waals surface area contributed by atoms with E-state index in [0.717, 1.165) is 5.57 Å². The van der Waals surface area contributed by atoms with Crippen molar-refractivity contribution in [2.45, 2.75) is 11.7 Å². The van der Waals surface area contributed by atoms with Gasteiger partial charge in [0.1, 0.15) is 11.7 Å². The van der Waals surface area contributed by atoms with Gasteiger partial charge in [-0.15, -0.1) is 0 Å². The molecule has 2 bridgehead atoms. The van der Waals surface area contributed by atoms with Gasteiger partial charge in [0.25, 0.3) is 0 Å². The highest BCUT2D eigenvalue weighted by Crippen LogP contribution is 2.51. The molecular formula is C11H8O3. The molecule has 0 saturated carbocycles. The summed E-state index contributed by atoms with van der Waals surface area (Å²) in [5.41, 5.74) is 0.832. The average molecular weight is 188 g/mol. The van der Waals surface area contributed by atoms with Gasteiger partial charge >= 0.3 is 5.97 Å². The Balaban J connectivity index is 2.10. The molecular weight excluding hydrogens is 180 g/mol. The topological polar surface area (TPSA) is 46.5 Å². The maximum atomic E-state index is 10.8. The van der Waals surface area contributed by atoms with Gasteiger partial charge in [0.15, 0.2) is 0 Å². The van der Waals surface area contributed by atoms with Crippen LogP contribution in [0.5, 0.6) is 0 Å². The summed E-state index contributed by atoms with van der Waals surface area (Å²) in [4.78, 5) is 10.8. The second-order valence-corrected chi connectivity index (χ2v) is 3.56. The molecule has 4 aliphatic rings. The maximum Gasteiger partial charge on any atom is 0.334 e.